The van der Waals surface area contributed by atoms with Gasteiger partial charge in [0.2, 0.25) is 5.91 Å². The van der Waals surface area contributed by atoms with Gasteiger partial charge in [-0.2, -0.15) is 0 Å². The number of hydrogen-bond acceptors (Lipinski definition) is 4. The molecule has 0 unspecified atom stereocenters. The molecule has 2 heterocycles. The van der Waals surface area contributed by atoms with E-state index in [4.69, 9.17) is 11.6 Å². The number of aryl methyl sites for hydroxylation is 2. The van der Waals surface area contributed by atoms with Gasteiger partial charge >= 0.3 is 0 Å². The lowest BCUT2D eigenvalue weighted by atomic mass is 10.1. The van der Waals surface area contributed by atoms with Gasteiger partial charge in [-0.15, -0.1) is 11.3 Å². The maximum Gasteiger partial charge on any atom is 0.254 e. The molecule has 0 spiro atoms. The van der Waals surface area contributed by atoms with E-state index in [-0.39, 0.29) is 17.9 Å². The quantitative estimate of drug-likeness (QED) is 0.938. The molecule has 0 aliphatic rings. The van der Waals surface area contributed by atoms with Crippen molar-refractivity contribution < 1.29 is 4.79 Å². The molecule has 0 aliphatic carbocycles. The maximum absolute atomic E-state index is 12.2. The van der Waals surface area contributed by atoms with Crippen LogP contribution in [0.15, 0.2) is 16.9 Å². The normalized spacial score (nSPS) is 10.7. The number of nitrogens with one attached hydrogen (secondary N) is 1. The van der Waals surface area contributed by atoms with Gasteiger partial charge in [0.15, 0.2) is 0 Å². The Balaban J connectivity index is 2.09. The van der Waals surface area contributed by atoms with Crippen molar-refractivity contribution >= 4 is 28.8 Å². The van der Waals surface area contributed by atoms with Gasteiger partial charge in [-0.3, -0.25) is 9.59 Å². The highest BCUT2D eigenvalue weighted by molar-refractivity contribution is 7.16. The minimum atomic E-state index is -0.249. The second-order valence-electron chi connectivity index (χ2n) is 4.85. The number of halogens is 1. The van der Waals surface area contributed by atoms with Crippen molar-refractivity contribution in [1.82, 2.24) is 14.9 Å². The Hall–Kier alpha value is -1.66. The lowest BCUT2D eigenvalue weighted by molar-refractivity contribution is -0.129. The molecule has 7 heteroatoms. The van der Waals surface area contributed by atoms with Crippen molar-refractivity contribution in [2.45, 2.75) is 26.8 Å². The van der Waals surface area contributed by atoms with Crippen molar-refractivity contribution in [3.05, 3.63) is 48.8 Å². The van der Waals surface area contributed by atoms with E-state index >= 15 is 0 Å². The van der Waals surface area contributed by atoms with E-state index < -0.39 is 0 Å². The Labute approximate surface area is 131 Å². The molecule has 5 nitrogen and oxygen atoms in total. The number of H-pyrrole nitrogens is 1. The second-order valence-corrected chi connectivity index (χ2v) is 6.65. The molecule has 0 bridgehead atoms. The van der Waals surface area contributed by atoms with Gasteiger partial charge in [0.25, 0.3) is 5.56 Å². The Morgan fingerprint density at radius 3 is 2.71 bits per heavy atom. The van der Waals surface area contributed by atoms with Crippen LogP contribution in [0.2, 0.25) is 4.34 Å². The summed E-state index contributed by atoms with van der Waals surface area (Å²) in [5.74, 6) is 0.425. The zero-order valence-corrected chi connectivity index (χ0v) is 13.6. The zero-order chi connectivity index (χ0) is 15.6. The fourth-order valence-corrected chi connectivity index (χ4v) is 3.15. The summed E-state index contributed by atoms with van der Waals surface area (Å²) in [6.45, 7) is 3.93. The molecule has 0 saturated carbocycles. The van der Waals surface area contributed by atoms with E-state index in [0.717, 1.165) is 4.88 Å². The number of aromatic amines is 1. The molecule has 112 valence electrons. The van der Waals surface area contributed by atoms with E-state index in [1.54, 1.807) is 31.9 Å². The van der Waals surface area contributed by atoms with Crippen LogP contribution in [0.5, 0.6) is 0 Å². The number of hydrogen-bond donors (Lipinski definition) is 1. The highest BCUT2D eigenvalue weighted by atomic mass is 35.5. The molecule has 1 N–H and O–H groups in total. The van der Waals surface area contributed by atoms with Crippen LogP contribution in [0, 0.1) is 13.8 Å². The predicted octanol–water partition coefficient (Wildman–Crippen LogP) is 2.30. The molecule has 0 fully saturated rings. The van der Waals surface area contributed by atoms with E-state index in [9.17, 15) is 9.59 Å². The fourth-order valence-electron chi connectivity index (χ4n) is 2.00. The van der Waals surface area contributed by atoms with Gasteiger partial charge in [-0.05, 0) is 26.0 Å². The highest BCUT2D eigenvalue weighted by Crippen LogP contribution is 2.22. The van der Waals surface area contributed by atoms with Crippen LogP contribution in [0.25, 0.3) is 0 Å². The van der Waals surface area contributed by atoms with Crippen molar-refractivity contribution in [2.75, 3.05) is 7.05 Å². The molecule has 0 saturated heterocycles. The van der Waals surface area contributed by atoms with Crippen LogP contribution >= 0.6 is 22.9 Å². The van der Waals surface area contributed by atoms with Crippen molar-refractivity contribution in [3.63, 3.8) is 0 Å². The van der Waals surface area contributed by atoms with Gasteiger partial charge in [0, 0.05) is 23.2 Å². The Bertz CT molecular complexity index is 723. The van der Waals surface area contributed by atoms with Crippen molar-refractivity contribution in [3.8, 4) is 0 Å². The molecule has 2 aromatic rings. The standard InChI is InChI=1S/C14H16ClN3O2S/c1-8-11(14(20)17-9(2)16-8)6-13(19)18(3)7-10-4-5-12(15)21-10/h4-5H,6-7H2,1-3H3,(H,16,17,20). The first kappa shape index (κ1) is 15.7. The third-order valence-corrected chi connectivity index (χ3v) is 4.33. The van der Waals surface area contributed by atoms with Crippen LogP contribution in [0.3, 0.4) is 0 Å². The van der Waals surface area contributed by atoms with E-state index in [1.807, 2.05) is 6.07 Å². The molecular weight excluding hydrogens is 310 g/mol. The van der Waals surface area contributed by atoms with Crippen LogP contribution < -0.4 is 5.56 Å². The topological polar surface area (TPSA) is 66.1 Å². The molecular formula is C14H16ClN3O2S. The van der Waals surface area contributed by atoms with E-state index in [0.29, 0.717) is 28.0 Å². The molecule has 0 atom stereocenters. The number of carbonyl (C=O) groups is 1. The molecule has 0 aromatic carbocycles. The number of thiophene rings is 1. The number of likely N-dealkylation sites (N-methyl/N-ethyl adjacent to an activating group) is 1. The van der Waals surface area contributed by atoms with Crippen molar-refractivity contribution in [1.29, 1.82) is 0 Å². The smallest absolute Gasteiger partial charge is 0.254 e. The molecule has 0 radical (unpaired) electrons. The number of aromatic nitrogens is 2. The van der Waals surface area contributed by atoms with E-state index in [1.165, 1.54) is 11.3 Å². The molecule has 2 rings (SSSR count). The van der Waals surface area contributed by atoms with Gasteiger partial charge in [0.1, 0.15) is 5.82 Å². The Kier molecular flexibility index (Phi) is 4.80. The Morgan fingerprint density at radius 1 is 1.43 bits per heavy atom. The molecule has 21 heavy (non-hydrogen) atoms. The van der Waals surface area contributed by atoms with Crippen LogP contribution in [-0.4, -0.2) is 27.8 Å². The summed E-state index contributed by atoms with van der Waals surface area (Å²) in [6, 6.07) is 3.70. The van der Waals surface area contributed by atoms with Gasteiger partial charge < -0.3 is 9.88 Å². The average Bonchev–Trinajstić information content (AvgIpc) is 2.78. The summed E-state index contributed by atoms with van der Waals surface area (Å²) >= 11 is 7.31. The monoisotopic (exact) mass is 325 g/mol. The maximum atomic E-state index is 12.2. The summed E-state index contributed by atoms with van der Waals surface area (Å²) in [5, 5.41) is 0. The first-order valence-electron chi connectivity index (χ1n) is 6.41. The summed E-state index contributed by atoms with van der Waals surface area (Å²) in [4.78, 5) is 33.5. The molecule has 2 aromatic heterocycles. The van der Waals surface area contributed by atoms with Gasteiger partial charge in [-0.25, -0.2) is 4.98 Å². The summed E-state index contributed by atoms with van der Waals surface area (Å²) in [6.07, 6.45) is 0.0457. The average molecular weight is 326 g/mol. The molecule has 1 amide bonds. The lowest BCUT2D eigenvalue weighted by Gasteiger charge is -2.16. The van der Waals surface area contributed by atoms with Crippen LogP contribution in [-0.2, 0) is 17.8 Å². The second kappa shape index (κ2) is 6.41. The van der Waals surface area contributed by atoms with Crippen LogP contribution in [0.1, 0.15) is 22.0 Å². The third kappa shape index (κ3) is 3.92. The zero-order valence-electron chi connectivity index (χ0n) is 12.1. The number of nitrogens with zero attached hydrogens (tertiary/aromatic N) is 2. The van der Waals surface area contributed by atoms with Crippen LogP contribution in [0.4, 0.5) is 0 Å². The highest BCUT2D eigenvalue weighted by Gasteiger charge is 2.16. The number of rotatable bonds is 4. The summed E-state index contributed by atoms with van der Waals surface area (Å²) in [5.41, 5.74) is 0.764. The SMILES string of the molecule is Cc1nc(C)c(CC(=O)N(C)Cc2ccc(Cl)s2)c(=O)[nH]1. The van der Waals surface area contributed by atoms with Gasteiger partial charge in [0.05, 0.1) is 17.3 Å². The Morgan fingerprint density at radius 2 is 2.14 bits per heavy atom. The minimum Gasteiger partial charge on any atom is -0.340 e. The first-order valence-corrected chi connectivity index (χ1v) is 7.61. The summed E-state index contributed by atoms with van der Waals surface area (Å²) in [7, 11) is 1.71. The summed E-state index contributed by atoms with van der Waals surface area (Å²) < 4.78 is 0.695. The van der Waals surface area contributed by atoms with Gasteiger partial charge in [-0.1, -0.05) is 11.6 Å². The third-order valence-electron chi connectivity index (χ3n) is 3.12. The first-order chi connectivity index (χ1) is 9.86. The van der Waals surface area contributed by atoms with E-state index in [2.05, 4.69) is 9.97 Å². The number of carbonyl (C=O) groups excluding carboxylic acids is 1. The fraction of sp³-hybridized carbons (Fsp3) is 0.357. The predicted molar refractivity (Wildman–Crippen MR) is 83.8 cm³/mol. The largest absolute Gasteiger partial charge is 0.340 e. The lowest BCUT2D eigenvalue weighted by Crippen LogP contribution is -2.30. The van der Waals surface area contributed by atoms with Crippen molar-refractivity contribution in [2.24, 2.45) is 0 Å². The number of amides is 1. The molecule has 0 aliphatic heterocycles. The minimum absolute atomic E-state index is 0.0457.